The van der Waals surface area contributed by atoms with Gasteiger partial charge >= 0.3 is 0 Å². The molecule has 1 saturated heterocycles. The molecule has 0 unspecified atom stereocenters. The second kappa shape index (κ2) is 11.1. The van der Waals surface area contributed by atoms with Gasteiger partial charge < -0.3 is 19.9 Å². The average molecular weight is 449 g/mol. The van der Waals surface area contributed by atoms with E-state index < -0.39 is 5.82 Å². The lowest BCUT2D eigenvalue weighted by Gasteiger charge is -2.26. The Kier molecular flexibility index (Phi) is 8.22. The lowest BCUT2D eigenvalue weighted by Crippen LogP contribution is -2.37. The van der Waals surface area contributed by atoms with E-state index in [1.165, 1.54) is 18.2 Å². The van der Waals surface area contributed by atoms with Crippen LogP contribution in [-0.2, 0) is 4.74 Å². The first-order valence-electron chi connectivity index (χ1n) is 9.93. The number of benzene rings is 2. The van der Waals surface area contributed by atoms with Crippen LogP contribution in [0.25, 0.3) is 0 Å². The molecule has 0 amide bonds. The number of morpholine rings is 1. The minimum absolute atomic E-state index is 0.0309. The van der Waals surface area contributed by atoms with E-state index in [9.17, 15) is 4.39 Å². The fourth-order valence-electron chi connectivity index (χ4n) is 3.19. The van der Waals surface area contributed by atoms with E-state index in [0.717, 1.165) is 39.3 Å². The highest BCUT2D eigenvalue weighted by Gasteiger charge is 2.15. The van der Waals surface area contributed by atoms with Crippen LogP contribution in [0.15, 0.2) is 40.3 Å². The van der Waals surface area contributed by atoms with Gasteiger partial charge in [0.1, 0.15) is 5.82 Å². The Morgan fingerprint density at radius 1 is 1.26 bits per heavy atom. The van der Waals surface area contributed by atoms with E-state index in [2.05, 4.69) is 21.6 Å². The van der Waals surface area contributed by atoms with Crippen LogP contribution >= 0.6 is 11.6 Å². The molecule has 9 heteroatoms. The molecule has 166 valence electrons. The highest BCUT2D eigenvalue weighted by molar-refractivity contribution is 6.31. The third kappa shape index (κ3) is 6.16. The van der Waals surface area contributed by atoms with Crippen LogP contribution < -0.4 is 15.2 Å². The minimum Gasteiger partial charge on any atom is -0.493 e. The number of halogens is 2. The molecule has 0 saturated carbocycles. The number of aliphatic imine (C=N–C) groups is 2. The largest absolute Gasteiger partial charge is 0.493 e. The number of methoxy groups -OCH3 is 1. The van der Waals surface area contributed by atoms with Crippen molar-refractivity contribution in [2.75, 3.05) is 52.3 Å². The summed E-state index contributed by atoms with van der Waals surface area (Å²) in [5.41, 5.74) is 7.55. The Hall–Kier alpha value is -2.68. The summed E-state index contributed by atoms with van der Waals surface area (Å²) < 4.78 is 30.2. The van der Waals surface area contributed by atoms with Gasteiger partial charge in [0, 0.05) is 37.0 Å². The fourth-order valence-corrected chi connectivity index (χ4v) is 3.37. The lowest BCUT2D eigenvalue weighted by atomic mass is 10.1. The van der Waals surface area contributed by atoms with Gasteiger partial charge in [0.25, 0.3) is 0 Å². The van der Waals surface area contributed by atoms with Gasteiger partial charge in [-0.3, -0.25) is 4.90 Å². The number of rotatable bonds is 8. The maximum absolute atomic E-state index is 13.4. The van der Waals surface area contributed by atoms with Crippen LogP contribution in [0.4, 0.5) is 15.8 Å². The molecular formula is C22H26ClFN4O3. The number of nitrogen functional groups attached to an aromatic ring is 1. The van der Waals surface area contributed by atoms with Crippen LogP contribution in [0, 0.1) is 5.82 Å². The zero-order valence-electron chi connectivity index (χ0n) is 17.4. The Morgan fingerprint density at radius 3 is 2.71 bits per heavy atom. The van der Waals surface area contributed by atoms with Crippen molar-refractivity contribution in [1.82, 2.24) is 4.90 Å². The molecule has 0 aliphatic carbocycles. The molecule has 1 aliphatic heterocycles. The van der Waals surface area contributed by atoms with Gasteiger partial charge in [-0.1, -0.05) is 11.6 Å². The Bertz CT molecular complexity index is 949. The SMILES string of the molecule is C=NC(=Nc1ccc(F)c(Cl)c1)c1cc(OCCCN2CCOCC2)c(OC)cc1N. The van der Waals surface area contributed by atoms with Crippen molar-refractivity contribution >= 4 is 35.5 Å². The predicted molar refractivity (Wildman–Crippen MR) is 122 cm³/mol. The molecule has 0 atom stereocenters. The van der Waals surface area contributed by atoms with Crippen molar-refractivity contribution in [3.05, 3.63) is 46.7 Å². The normalized spacial score (nSPS) is 15.0. The topological polar surface area (TPSA) is 81.7 Å². The van der Waals surface area contributed by atoms with Crippen molar-refractivity contribution in [2.45, 2.75) is 6.42 Å². The van der Waals surface area contributed by atoms with E-state index in [1.807, 2.05) is 0 Å². The van der Waals surface area contributed by atoms with Gasteiger partial charge in [-0.25, -0.2) is 14.4 Å². The summed E-state index contributed by atoms with van der Waals surface area (Å²) in [4.78, 5) is 10.7. The van der Waals surface area contributed by atoms with Gasteiger partial charge in [0.05, 0.1) is 37.6 Å². The molecule has 1 heterocycles. The fraction of sp³-hybridized carbons (Fsp3) is 0.364. The van der Waals surface area contributed by atoms with Crippen molar-refractivity contribution in [1.29, 1.82) is 0 Å². The lowest BCUT2D eigenvalue weighted by molar-refractivity contribution is 0.0357. The van der Waals surface area contributed by atoms with Crippen molar-refractivity contribution in [3.8, 4) is 11.5 Å². The number of hydrogen-bond acceptors (Lipinski definition) is 6. The number of nitrogens with two attached hydrogens (primary N) is 1. The van der Waals surface area contributed by atoms with Gasteiger partial charge in [0.2, 0.25) is 0 Å². The van der Waals surface area contributed by atoms with Crippen LogP contribution in [0.3, 0.4) is 0 Å². The molecule has 3 rings (SSSR count). The summed E-state index contributed by atoms with van der Waals surface area (Å²) in [7, 11) is 1.55. The highest BCUT2D eigenvalue weighted by atomic mass is 35.5. The molecule has 7 nitrogen and oxygen atoms in total. The van der Waals surface area contributed by atoms with Crippen molar-refractivity contribution in [3.63, 3.8) is 0 Å². The summed E-state index contributed by atoms with van der Waals surface area (Å²) >= 11 is 5.85. The maximum Gasteiger partial charge on any atom is 0.162 e. The van der Waals surface area contributed by atoms with Crippen LogP contribution in [0.2, 0.25) is 5.02 Å². The van der Waals surface area contributed by atoms with Gasteiger partial charge in [-0.15, -0.1) is 0 Å². The first-order chi connectivity index (χ1) is 15.0. The second-order valence-electron chi connectivity index (χ2n) is 6.94. The summed E-state index contributed by atoms with van der Waals surface area (Å²) in [6.07, 6.45) is 0.859. The number of nitrogens with zero attached hydrogens (tertiary/aromatic N) is 3. The molecule has 0 radical (unpaired) electrons. The van der Waals surface area contributed by atoms with Crippen LogP contribution in [0.1, 0.15) is 12.0 Å². The van der Waals surface area contributed by atoms with E-state index >= 15 is 0 Å². The number of anilines is 1. The van der Waals surface area contributed by atoms with Gasteiger partial charge in [-0.05, 0) is 37.4 Å². The molecular weight excluding hydrogens is 423 g/mol. The number of ether oxygens (including phenoxy) is 3. The molecule has 1 fully saturated rings. The molecule has 0 aromatic heterocycles. The molecule has 2 aromatic rings. The standard InChI is InChI=1S/C22H26ClFN4O3/c1-26-22(27-15-4-5-18(24)17(23)12-15)16-13-21(20(29-2)14-19(16)25)31-9-3-6-28-7-10-30-11-8-28/h4-5,12-14H,1,3,6-11,25H2,2H3. The molecule has 2 N–H and O–H groups in total. The minimum atomic E-state index is -0.523. The van der Waals surface area contributed by atoms with E-state index in [-0.39, 0.29) is 10.9 Å². The third-order valence-corrected chi connectivity index (χ3v) is 5.13. The van der Waals surface area contributed by atoms with Crippen LogP contribution in [0.5, 0.6) is 11.5 Å². The molecule has 0 spiro atoms. The molecule has 31 heavy (non-hydrogen) atoms. The quantitative estimate of drug-likeness (QED) is 0.286. The monoisotopic (exact) mass is 448 g/mol. The first kappa shape index (κ1) is 23.0. The predicted octanol–water partition coefficient (Wildman–Crippen LogP) is 3.95. The Morgan fingerprint density at radius 2 is 2.03 bits per heavy atom. The van der Waals surface area contributed by atoms with Gasteiger partial charge in [-0.2, -0.15) is 0 Å². The maximum atomic E-state index is 13.4. The third-order valence-electron chi connectivity index (χ3n) is 4.84. The first-order valence-corrected chi connectivity index (χ1v) is 10.3. The average Bonchev–Trinajstić information content (AvgIpc) is 2.78. The van der Waals surface area contributed by atoms with E-state index in [0.29, 0.717) is 35.0 Å². The van der Waals surface area contributed by atoms with Crippen molar-refractivity contribution in [2.24, 2.45) is 9.98 Å². The smallest absolute Gasteiger partial charge is 0.162 e. The van der Waals surface area contributed by atoms with Crippen molar-refractivity contribution < 1.29 is 18.6 Å². The zero-order valence-corrected chi connectivity index (χ0v) is 18.2. The summed E-state index contributed by atoms with van der Waals surface area (Å²) in [5, 5.41) is -0.0309. The second-order valence-corrected chi connectivity index (χ2v) is 7.35. The summed E-state index contributed by atoms with van der Waals surface area (Å²) in [5.74, 6) is 0.787. The number of amidine groups is 1. The molecule has 0 bridgehead atoms. The molecule has 2 aromatic carbocycles. The summed E-state index contributed by atoms with van der Waals surface area (Å²) in [6.45, 7) is 8.44. The number of hydrogen-bond donors (Lipinski definition) is 1. The Labute approximate surface area is 186 Å². The van der Waals surface area contributed by atoms with Crippen LogP contribution in [-0.4, -0.2) is 64.0 Å². The highest BCUT2D eigenvalue weighted by Crippen LogP contribution is 2.33. The van der Waals surface area contributed by atoms with E-state index in [4.69, 9.17) is 31.5 Å². The van der Waals surface area contributed by atoms with E-state index in [1.54, 1.807) is 19.2 Å². The van der Waals surface area contributed by atoms with Gasteiger partial charge in [0.15, 0.2) is 17.3 Å². The zero-order chi connectivity index (χ0) is 22.2. The summed E-state index contributed by atoms with van der Waals surface area (Å²) in [6, 6.07) is 7.52. The Balaban J connectivity index is 1.76. The molecule has 1 aliphatic rings.